The zero-order chi connectivity index (χ0) is 14.7. The van der Waals surface area contributed by atoms with Gasteiger partial charge in [0.2, 0.25) is 0 Å². The van der Waals surface area contributed by atoms with Crippen LogP contribution in [0.3, 0.4) is 0 Å². The van der Waals surface area contributed by atoms with Gasteiger partial charge in [-0.25, -0.2) is 0 Å². The fourth-order valence-corrected chi connectivity index (χ4v) is 1.76. The molecule has 3 heteroatoms. The van der Waals surface area contributed by atoms with Crippen molar-refractivity contribution in [3.63, 3.8) is 0 Å². The Balaban J connectivity index is 0.00000154. The molecule has 0 aliphatic carbocycles. The normalized spacial score (nSPS) is 10.8. The van der Waals surface area contributed by atoms with Gasteiger partial charge in [-0.15, -0.1) is 0 Å². The van der Waals surface area contributed by atoms with Crippen LogP contribution in [-0.4, -0.2) is 29.0 Å². The lowest BCUT2D eigenvalue weighted by atomic mass is 9.93. The van der Waals surface area contributed by atoms with Crippen LogP contribution in [0.2, 0.25) is 0 Å². The van der Waals surface area contributed by atoms with Crippen molar-refractivity contribution in [1.29, 1.82) is 0 Å². The van der Waals surface area contributed by atoms with Gasteiger partial charge in [0.1, 0.15) is 0 Å². The molecule has 1 aromatic rings. The fraction of sp³-hybridized carbons (Fsp3) is 0.625. The van der Waals surface area contributed by atoms with Crippen LogP contribution >= 0.6 is 0 Å². The summed E-state index contributed by atoms with van der Waals surface area (Å²) in [4.78, 5) is 0. The van der Waals surface area contributed by atoms with Crippen LogP contribution in [0.5, 0.6) is 0 Å². The first-order valence-electron chi connectivity index (χ1n) is 7.22. The Morgan fingerprint density at radius 2 is 1.37 bits per heavy atom. The van der Waals surface area contributed by atoms with Crippen LogP contribution in [0.25, 0.3) is 0 Å². The average Bonchev–Trinajstić information content (AvgIpc) is 2.48. The van der Waals surface area contributed by atoms with Gasteiger partial charge in [-0.3, -0.25) is 0 Å². The molecule has 0 heterocycles. The summed E-state index contributed by atoms with van der Waals surface area (Å²) >= 11 is 0. The number of nitrogens with two attached hydrogens (primary N) is 1. The predicted molar refractivity (Wildman–Crippen MR) is 81.2 cm³/mol. The number of aryl methyl sites for hydroxylation is 2. The first kappa shape index (κ1) is 18.1. The van der Waals surface area contributed by atoms with E-state index in [0.717, 1.165) is 19.3 Å². The van der Waals surface area contributed by atoms with Gasteiger partial charge in [-0.2, -0.15) is 0 Å². The van der Waals surface area contributed by atoms with Crippen molar-refractivity contribution in [3.8, 4) is 0 Å². The number of rotatable bonds is 7. The molecule has 0 spiro atoms. The van der Waals surface area contributed by atoms with Crippen LogP contribution < -0.4 is 5.73 Å². The van der Waals surface area contributed by atoms with Gasteiger partial charge in [-0.05, 0) is 30.4 Å². The van der Waals surface area contributed by atoms with E-state index < -0.39 is 5.54 Å². The maximum atomic E-state index is 9.09. The highest BCUT2D eigenvalue weighted by Gasteiger charge is 2.22. The number of hydrogen-bond acceptors (Lipinski definition) is 3. The Kier molecular flexibility index (Phi) is 9.48. The Morgan fingerprint density at radius 1 is 0.947 bits per heavy atom. The molecule has 0 aliphatic heterocycles. The summed E-state index contributed by atoms with van der Waals surface area (Å²) in [5.41, 5.74) is 7.51. The topological polar surface area (TPSA) is 66.5 Å². The zero-order valence-corrected chi connectivity index (χ0v) is 12.5. The summed E-state index contributed by atoms with van der Waals surface area (Å²) in [6, 6.07) is 8.46. The van der Waals surface area contributed by atoms with Crippen molar-refractivity contribution < 1.29 is 10.2 Å². The van der Waals surface area contributed by atoms with E-state index in [1.807, 2.05) is 13.8 Å². The summed E-state index contributed by atoms with van der Waals surface area (Å²) in [7, 11) is 0. The molecule has 3 nitrogen and oxygen atoms in total. The maximum Gasteiger partial charge on any atom is 0.0633 e. The number of hydrogen-bond donors (Lipinski definition) is 3. The molecule has 0 bridgehead atoms. The molecule has 19 heavy (non-hydrogen) atoms. The van der Waals surface area contributed by atoms with Crippen LogP contribution in [0.15, 0.2) is 24.3 Å². The second-order valence-electron chi connectivity index (χ2n) is 4.75. The molecule has 0 atom stereocenters. The summed E-state index contributed by atoms with van der Waals surface area (Å²) in [5.74, 6) is 0. The van der Waals surface area contributed by atoms with Gasteiger partial charge < -0.3 is 15.9 Å². The van der Waals surface area contributed by atoms with Crippen molar-refractivity contribution in [2.45, 2.75) is 52.0 Å². The van der Waals surface area contributed by atoms with Gasteiger partial charge in [0, 0.05) is 0 Å². The highest BCUT2D eigenvalue weighted by Crippen LogP contribution is 2.13. The molecule has 0 unspecified atom stereocenters. The third kappa shape index (κ3) is 6.71. The van der Waals surface area contributed by atoms with E-state index in [4.69, 9.17) is 15.9 Å². The lowest BCUT2D eigenvalue weighted by Gasteiger charge is -2.24. The van der Waals surface area contributed by atoms with E-state index in [-0.39, 0.29) is 13.2 Å². The quantitative estimate of drug-likeness (QED) is 0.710. The summed E-state index contributed by atoms with van der Waals surface area (Å²) < 4.78 is 0. The van der Waals surface area contributed by atoms with Crippen molar-refractivity contribution in [2.24, 2.45) is 5.73 Å². The first-order chi connectivity index (χ1) is 9.13. The smallest absolute Gasteiger partial charge is 0.0633 e. The Bertz CT molecular complexity index is 318. The maximum absolute atomic E-state index is 9.09. The summed E-state index contributed by atoms with van der Waals surface area (Å²) in [6.45, 7) is 5.80. The largest absolute Gasteiger partial charge is 0.394 e. The Morgan fingerprint density at radius 3 is 1.74 bits per heavy atom. The van der Waals surface area contributed by atoms with Crippen molar-refractivity contribution >= 4 is 0 Å². The molecule has 110 valence electrons. The van der Waals surface area contributed by atoms with E-state index in [9.17, 15) is 0 Å². The lowest BCUT2D eigenvalue weighted by Crippen LogP contribution is -2.47. The molecule has 4 N–H and O–H groups in total. The molecule has 0 aromatic heterocycles. The van der Waals surface area contributed by atoms with E-state index in [0.29, 0.717) is 6.42 Å². The fourth-order valence-electron chi connectivity index (χ4n) is 1.76. The van der Waals surface area contributed by atoms with Gasteiger partial charge in [0.05, 0.1) is 18.8 Å². The molecule has 1 aromatic carbocycles. The first-order valence-corrected chi connectivity index (χ1v) is 7.22. The highest BCUT2D eigenvalue weighted by atomic mass is 16.3. The highest BCUT2D eigenvalue weighted by molar-refractivity contribution is 5.23. The van der Waals surface area contributed by atoms with E-state index in [1.54, 1.807) is 0 Å². The molecule has 0 fully saturated rings. The molecule has 0 saturated heterocycles. The minimum atomic E-state index is -0.859. The van der Waals surface area contributed by atoms with Crippen molar-refractivity contribution in [1.82, 2.24) is 0 Å². The monoisotopic (exact) mass is 267 g/mol. The molecule has 1 rings (SSSR count). The molecule has 0 amide bonds. The van der Waals surface area contributed by atoms with Crippen LogP contribution in [0.1, 0.15) is 44.7 Å². The molecular formula is C16H29NO2. The lowest BCUT2D eigenvalue weighted by molar-refractivity contribution is 0.115. The second kappa shape index (κ2) is 9.96. The van der Waals surface area contributed by atoms with Crippen molar-refractivity contribution in [2.75, 3.05) is 13.2 Å². The van der Waals surface area contributed by atoms with E-state index in [1.165, 1.54) is 11.1 Å². The summed E-state index contributed by atoms with van der Waals surface area (Å²) in [5, 5.41) is 18.2. The van der Waals surface area contributed by atoms with Gasteiger partial charge >= 0.3 is 0 Å². The third-order valence-electron chi connectivity index (χ3n) is 3.10. The van der Waals surface area contributed by atoms with E-state index >= 15 is 0 Å². The summed E-state index contributed by atoms with van der Waals surface area (Å²) in [6.07, 6.45) is 3.63. The molecule has 0 saturated carbocycles. The van der Waals surface area contributed by atoms with Crippen molar-refractivity contribution in [3.05, 3.63) is 35.4 Å². The van der Waals surface area contributed by atoms with Gasteiger partial charge in [0.15, 0.2) is 0 Å². The van der Waals surface area contributed by atoms with Gasteiger partial charge in [-0.1, -0.05) is 51.5 Å². The number of aliphatic hydroxyl groups excluding tert-OH is 2. The minimum Gasteiger partial charge on any atom is -0.394 e. The Labute approximate surface area is 117 Å². The molecule has 0 radical (unpaired) electrons. The average molecular weight is 267 g/mol. The van der Waals surface area contributed by atoms with Crippen LogP contribution in [-0.2, 0) is 12.8 Å². The third-order valence-corrected chi connectivity index (χ3v) is 3.10. The number of benzene rings is 1. The molecule has 0 aliphatic rings. The van der Waals surface area contributed by atoms with Crippen LogP contribution in [0.4, 0.5) is 0 Å². The Hall–Kier alpha value is -0.900. The minimum absolute atomic E-state index is 0.183. The zero-order valence-electron chi connectivity index (χ0n) is 12.5. The van der Waals surface area contributed by atoms with Crippen LogP contribution in [0, 0.1) is 0 Å². The van der Waals surface area contributed by atoms with Gasteiger partial charge in [0.25, 0.3) is 0 Å². The molecular weight excluding hydrogens is 238 g/mol. The predicted octanol–water partition coefficient (Wildman–Crippen LogP) is 2.28. The SMILES string of the molecule is CC.CCCc1ccc(CCC(N)(CO)CO)cc1. The standard InChI is InChI=1S/C14H23NO2.C2H6/c1-2-3-12-4-6-13(7-5-12)8-9-14(15,10-16)11-17;1-2/h4-7,16-17H,2-3,8-11,15H2,1H3;1-2H3. The second-order valence-corrected chi connectivity index (χ2v) is 4.75. The number of aliphatic hydroxyl groups is 2. The van der Waals surface area contributed by atoms with E-state index in [2.05, 4.69) is 31.2 Å².